The predicted molar refractivity (Wildman–Crippen MR) is 96.7 cm³/mol. The monoisotopic (exact) mass is 356 g/mol. The molecular formula is C18H24N6O2. The summed E-state index contributed by atoms with van der Waals surface area (Å²) in [5.41, 5.74) is 5.32. The van der Waals surface area contributed by atoms with Gasteiger partial charge in [0.2, 0.25) is 0 Å². The largest absolute Gasteiger partial charge is 0.348 e. The summed E-state index contributed by atoms with van der Waals surface area (Å²) in [6.07, 6.45) is 3.99. The Labute approximate surface area is 152 Å². The molecule has 0 atom stereocenters. The topological polar surface area (TPSA) is 94.2 Å². The summed E-state index contributed by atoms with van der Waals surface area (Å²) in [7, 11) is 3.47. The molecule has 0 fully saturated rings. The molecule has 0 unspecified atom stereocenters. The van der Waals surface area contributed by atoms with Gasteiger partial charge in [0.1, 0.15) is 0 Å². The number of H-pyrrole nitrogens is 1. The van der Waals surface area contributed by atoms with E-state index in [9.17, 15) is 9.59 Å². The van der Waals surface area contributed by atoms with Gasteiger partial charge in [-0.15, -0.1) is 0 Å². The van der Waals surface area contributed by atoms with Gasteiger partial charge >= 0.3 is 6.03 Å². The summed E-state index contributed by atoms with van der Waals surface area (Å²) >= 11 is 0. The van der Waals surface area contributed by atoms with E-state index in [1.54, 1.807) is 36.3 Å². The van der Waals surface area contributed by atoms with Crippen molar-refractivity contribution >= 4 is 11.9 Å². The van der Waals surface area contributed by atoms with Gasteiger partial charge in [0, 0.05) is 57.4 Å². The molecule has 0 radical (unpaired) electrons. The number of hydrogen-bond donors (Lipinski definition) is 2. The lowest BCUT2D eigenvalue weighted by Gasteiger charge is -2.31. The fourth-order valence-electron chi connectivity index (χ4n) is 3.23. The Morgan fingerprint density at radius 2 is 2.08 bits per heavy atom. The Hall–Kier alpha value is -2.90. The van der Waals surface area contributed by atoms with E-state index >= 15 is 0 Å². The van der Waals surface area contributed by atoms with Gasteiger partial charge in [-0.25, -0.2) is 4.79 Å². The standard InChI is InChI=1S/C18H24N6O2/c1-11-15(12(2)22-21-11)9-20-17(25)16-8-19-7-13-10-24(6-5-14(13)16)18(26)23(3)4/h7-8H,5-6,9-10H2,1-4H3,(H,20,25)(H,21,22). The van der Waals surface area contributed by atoms with Crippen molar-refractivity contribution in [3.8, 4) is 0 Å². The highest BCUT2D eigenvalue weighted by molar-refractivity contribution is 5.95. The first-order chi connectivity index (χ1) is 12.4. The van der Waals surface area contributed by atoms with Crippen molar-refractivity contribution in [2.75, 3.05) is 20.6 Å². The van der Waals surface area contributed by atoms with Crippen molar-refractivity contribution in [2.45, 2.75) is 33.4 Å². The molecule has 2 aromatic heterocycles. The van der Waals surface area contributed by atoms with Crippen molar-refractivity contribution in [3.05, 3.63) is 46.0 Å². The van der Waals surface area contributed by atoms with E-state index in [0.29, 0.717) is 31.6 Å². The third-order valence-corrected chi connectivity index (χ3v) is 4.74. The Morgan fingerprint density at radius 1 is 1.31 bits per heavy atom. The minimum Gasteiger partial charge on any atom is -0.348 e. The van der Waals surface area contributed by atoms with Gasteiger partial charge in [-0.2, -0.15) is 5.10 Å². The number of nitrogens with one attached hydrogen (secondary N) is 2. The molecule has 0 aromatic carbocycles. The number of fused-ring (bicyclic) bond motifs is 1. The Kier molecular flexibility index (Phi) is 4.92. The molecule has 26 heavy (non-hydrogen) atoms. The van der Waals surface area contributed by atoms with Crippen LogP contribution >= 0.6 is 0 Å². The second kappa shape index (κ2) is 7.15. The number of aromatic nitrogens is 3. The van der Waals surface area contributed by atoms with Crippen LogP contribution in [0.5, 0.6) is 0 Å². The smallest absolute Gasteiger partial charge is 0.319 e. The molecule has 0 bridgehead atoms. The van der Waals surface area contributed by atoms with Gasteiger partial charge in [0.25, 0.3) is 5.91 Å². The minimum absolute atomic E-state index is 0.0311. The van der Waals surface area contributed by atoms with E-state index in [1.807, 2.05) is 13.8 Å². The van der Waals surface area contributed by atoms with Gasteiger partial charge in [0.15, 0.2) is 0 Å². The number of carbonyl (C=O) groups excluding carboxylic acids is 2. The lowest BCUT2D eigenvalue weighted by molar-refractivity contribution is 0.0948. The van der Waals surface area contributed by atoms with E-state index in [-0.39, 0.29) is 11.9 Å². The zero-order valence-electron chi connectivity index (χ0n) is 15.6. The SMILES string of the molecule is Cc1n[nH]c(C)c1CNC(=O)c1cncc2c1CCN(C(=O)N(C)C)C2. The second-order valence-corrected chi connectivity index (χ2v) is 6.77. The molecule has 3 rings (SSSR count). The third-order valence-electron chi connectivity index (χ3n) is 4.74. The van der Waals surface area contributed by atoms with Crippen molar-refractivity contribution in [1.29, 1.82) is 0 Å². The number of urea groups is 1. The Balaban J connectivity index is 1.75. The van der Waals surface area contributed by atoms with Crippen LogP contribution in [0.4, 0.5) is 4.79 Å². The first-order valence-electron chi connectivity index (χ1n) is 8.59. The van der Waals surface area contributed by atoms with Crippen LogP contribution in [0.15, 0.2) is 12.4 Å². The van der Waals surface area contributed by atoms with Crippen LogP contribution in [0.3, 0.4) is 0 Å². The summed E-state index contributed by atoms with van der Waals surface area (Å²) in [5.74, 6) is -0.151. The molecule has 0 spiro atoms. The summed E-state index contributed by atoms with van der Waals surface area (Å²) in [5, 5.41) is 10.0. The van der Waals surface area contributed by atoms with Crippen LogP contribution in [0.2, 0.25) is 0 Å². The number of aromatic amines is 1. The van der Waals surface area contributed by atoms with Crippen LogP contribution in [0.25, 0.3) is 0 Å². The molecule has 138 valence electrons. The zero-order valence-corrected chi connectivity index (χ0v) is 15.6. The van der Waals surface area contributed by atoms with Crippen LogP contribution in [0.1, 0.15) is 38.4 Å². The number of nitrogens with zero attached hydrogens (tertiary/aromatic N) is 4. The molecule has 8 nitrogen and oxygen atoms in total. The van der Waals surface area contributed by atoms with E-state index in [0.717, 1.165) is 28.1 Å². The molecule has 0 saturated heterocycles. The first-order valence-corrected chi connectivity index (χ1v) is 8.59. The number of hydrogen-bond acceptors (Lipinski definition) is 4. The normalized spacial score (nSPS) is 13.3. The maximum atomic E-state index is 12.7. The zero-order chi connectivity index (χ0) is 18.8. The highest BCUT2D eigenvalue weighted by atomic mass is 16.2. The van der Waals surface area contributed by atoms with E-state index < -0.39 is 0 Å². The highest BCUT2D eigenvalue weighted by Gasteiger charge is 2.25. The predicted octanol–water partition coefficient (Wildman–Crippen LogP) is 1.39. The minimum atomic E-state index is -0.151. The van der Waals surface area contributed by atoms with Gasteiger partial charge in [0.05, 0.1) is 11.3 Å². The van der Waals surface area contributed by atoms with Crippen LogP contribution in [-0.4, -0.2) is 57.6 Å². The second-order valence-electron chi connectivity index (χ2n) is 6.77. The van der Waals surface area contributed by atoms with E-state index in [1.165, 1.54) is 0 Å². The fourth-order valence-corrected chi connectivity index (χ4v) is 3.23. The maximum Gasteiger partial charge on any atom is 0.319 e. The molecule has 2 aromatic rings. The lowest BCUT2D eigenvalue weighted by atomic mass is 9.96. The van der Waals surface area contributed by atoms with Gasteiger partial charge in [-0.1, -0.05) is 0 Å². The van der Waals surface area contributed by atoms with Gasteiger partial charge in [-0.05, 0) is 31.4 Å². The molecule has 1 aliphatic heterocycles. The first kappa shape index (κ1) is 17.9. The molecule has 3 amide bonds. The average Bonchev–Trinajstić information content (AvgIpc) is 2.95. The van der Waals surface area contributed by atoms with Gasteiger partial charge < -0.3 is 15.1 Å². The summed E-state index contributed by atoms with van der Waals surface area (Å²) < 4.78 is 0. The van der Waals surface area contributed by atoms with Crippen LogP contribution in [-0.2, 0) is 19.5 Å². The summed E-state index contributed by atoms with van der Waals surface area (Å²) in [6.45, 7) is 5.33. The average molecular weight is 356 g/mol. The Morgan fingerprint density at radius 3 is 2.73 bits per heavy atom. The van der Waals surface area contributed by atoms with Crippen LogP contribution < -0.4 is 5.32 Å². The molecule has 2 N–H and O–H groups in total. The summed E-state index contributed by atoms with van der Waals surface area (Å²) in [6, 6.07) is -0.0311. The number of rotatable bonds is 3. The van der Waals surface area contributed by atoms with Crippen molar-refractivity contribution < 1.29 is 9.59 Å². The highest BCUT2D eigenvalue weighted by Crippen LogP contribution is 2.22. The molecule has 0 saturated carbocycles. The number of pyridine rings is 1. The Bertz CT molecular complexity index is 823. The van der Waals surface area contributed by atoms with Crippen molar-refractivity contribution in [2.24, 2.45) is 0 Å². The molecular weight excluding hydrogens is 332 g/mol. The van der Waals surface area contributed by atoms with Crippen molar-refractivity contribution in [3.63, 3.8) is 0 Å². The lowest BCUT2D eigenvalue weighted by Crippen LogP contribution is -2.42. The van der Waals surface area contributed by atoms with E-state index in [4.69, 9.17) is 0 Å². The molecule has 0 aliphatic carbocycles. The van der Waals surface area contributed by atoms with Crippen molar-refractivity contribution in [1.82, 2.24) is 30.3 Å². The van der Waals surface area contributed by atoms with Gasteiger partial charge in [-0.3, -0.25) is 14.9 Å². The summed E-state index contributed by atoms with van der Waals surface area (Å²) in [4.78, 5) is 32.4. The third kappa shape index (κ3) is 3.40. The molecule has 3 heterocycles. The molecule has 1 aliphatic rings. The number of carbonyl (C=O) groups is 2. The van der Waals surface area contributed by atoms with E-state index in [2.05, 4.69) is 20.5 Å². The number of amides is 3. The quantitative estimate of drug-likeness (QED) is 0.869. The number of aryl methyl sites for hydroxylation is 2. The fraction of sp³-hybridized carbons (Fsp3) is 0.444. The maximum absolute atomic E-state index is 12.7. The molecule has 8 heteroatoms. The van der Waals surface area contributed by atoms with Crippen LogP contribution in [0, 0.1) is 13.8 Å².